The summed E-state index contributed by atoms with van der Waals surface area (Å²) >= 11 is 1.82. The fraction of sp³-hybridized carbons (Fsp3) is 0.0227. The number of aromatic nitrogens is 1. The number of nitrogens with zero attached hydrogens (tertiary/aromatic N) is 4. The average Bonchev–Trinajstić information content (AvgIpc) is 3.71. The van der Waals surface area contributed by atoms with Crippen LogP contribution in [-0.4, -0.2) is 10.8 Å². The van der Waals surface area contributed by atoms with Crippen molar-refractivity contribution in [2.75, 3.05) is 9.91 Å². The van der Waals surface area contributed by atoms with Gasteiger partial charge in [-0.25, -0.2) is 0 Å². The van der Waals surface area contributed by atoms with Crippen molar-refractivity contribution in [1.29, 1.82) is 0 Å². The molecule has 1 aliphatic rings. The molecule has 0 amide bonds. The molecular formula is C44H37ClN5PRu. The quantitative estimate of drug-likeness (QED) is 0.0995. The van der Waals surface area contributed by atoms with Gasteiger partial charge in [-0.05, 0) is 53.8 Å². The number of benzene rings is 6. The monoisotopic (exact) mass is 803 g/mol. The van der Waals surface area contributed by atoms with E-state index >= 15 is 0 Å². The smallest absolute Gasteiger partial charge is 0.0134 e. The molecule has 1 aromatic heterocycles. The number of hydrogen-bond donors (Lipinski definition) is 1. The van der Waals surface area contributed by atoms with Crippen molar-refractivity contribution in [2.24, 2.45) is 10.8 Å². The van der Waals surface area contributed by atoms with E-state index in [1.165, 1.54) is 15.9 Å². The standard InChI is InChI=1S/C20H14N3.C18H15P.C6H8N2.ClH.Ru/c1-4-10-17(11-5-1)20-21-23(19-14-8-3-9-15-19)16-22(20)18-12-6-2-7-13-18;1-4-10-16(11-5-1)19(17-12-6-2-7-13-17)18-14-8-3-9-15-18;7-5-6-3-1-2-4-8-6;;/h1-14H;1-15H;1-4H,5,7H2;1H;/q-1;;;;+2/p-1. The first kappa shape index (κ1) is 38.3. The van der Waals surface area contributed by atoms with Crippen LogP contribution in [0.3, 0.4) is 0 Å². The van der Waals surface area contributed by atoms with Crippen LogP contribution < -0.4 is 31.6 Å². The van der Waals surface area contributed by atoms with Gasteiger partial charge in [-0.15, -0.1) is 6.07 Å². The minimum atomic E-state index is -0.446. The van der Waals surface area contributed by atoms with Crippen LogP contribution >= 0.6 is 17.6 Å². The van der Waals surface area contributed by atoms with E-state index in [1.54, 1.807) is 11.2 Å². The van der Waals surface area contributed by atoms with Gasteiger partial charge < -0.3 is 5.73 Å². The zero-order valence-corrected chi connectivity index (χ0v) is 31.7. The molecule has 52 heavy (non-hydrogen) atoms. The second-order valence-corrected chi connectivity index (χ2v) is 13.2. The Morgan fingerprint density at radius 3 is 1.52 bits per heavy atom. The fourth-order valence-electron chi connectivity index (χ4n) is 5.16. The normalized spacial score (nSPS) is 11.6. The summed E-state index contributed by atoms with van der Waals surface area (Å²) in [6, 6.07) is 69.2. The summed E-state index contributed by atoms with van der Waals surface area (Å²) in [5, 5.41) is 10.6. The molecule has 2 heterocycles. The summed E-state index contributed by atoms with van der Waals surface area (Å²) in [6.07, 6.45) is 1.74. The predicted molar refractivity (Wildman–Crippen MR) is 216 cm³/mol. The second kappa shape index (κ2) is 21.4. The van der Waals surface area contributed by atoms with Crippen molar-refractivity contribution in [3.8, 4) is 0 Å². The van der Waals surface area contributed by atoms with Crippen LogP contribution in [-0.2, 0) is 23.9 Å². The molecule has 0 saturated carbocycles. The average molecular weight is 803 g/mol. The molecule has 0 spiro atoms. The Morgan fingerprint density at radius 1 is 0.596 bits per heavy atom. The number of halogens is 1. The van der Waals surface area contributed by atoms with Crippen LogP contribution in [0.1, 0.15) is 11.3 Å². The number of hydrogen-bond acceptors (Lipinski definition) is 5. The molecule has 5 nitrogen and oxygen atoms in total. The van der Waals surface area contributed by atoms with Crippen LogP contribution in [0.5, 0.6) is 0 Å². The molecule has 0 aliphatic carbocycles. The molecule has 258 valence electrons. The van der Waals surface area contributed by atoms with Crippen LogP contribution in [0.2, 0.25) is 0 Å². The molecule has 0 atom stereocenters. The maximum atomic E-state index is 5.29. The third kappa shape index (κ3) is 11.0. The Labute approximate surface area is 322 Å². The van der Waals surface area contributed by atoms with Crippen LogP contribution in [0.25, 0.3) is 0 Å². The first-order chi connectivity index (χ1) is 25.8. The van der Waals surface area contributed by atoms with E-state index in [4.69, 9.17) is 10.8 Å². The summed E-state index contributed by atoms with van der Waals surface area (Å²) in [4.78, 5) is 5.94. The van der Waals surface area contributed by atoms with E-state index in [-0.39, 0.29) is 0 Å². The number of anilines is 2. The first-order valence-corrected chi connectivity index (χ1v) is 20.1. The van der Waals surface area contributed by atoms with Crippen molar-refractivity contribution >= 4 is 50.7 Å². The van der Waals surface area contributed by atoms with Crippen LogP contribution in [0.15, 0.2) is 205 Å². The third-order valence-corrected chi connectivity index (χ3v) is 9.99. The van der Waals surface area contributed by atoms with E-state index in [2.05, 4.69) is 131 Å². The Balaban J connectivity index is 0.000000162. The van der Waals surface area contributed by atoms with E-state index in [0.29, 0.717) is 6.54 Å². The molecule has 0 bridgehead atoms. The molecule has 0 saturated heterocycles. The van der Waals surface area contributed by atoms with Crippen molar-refractivity contribution < 1.29 is 17.3 Å². The molecule has 6 aromatic carbocycles. The molecule has 2 radical (unpaired) electrons. The van der Waals surface area contributed by atoms with Gasteiger partial charge in [0.15, 0.2) is 5.84 Å². The van der Waals surface area contributed by atoms with Gasteiger partial charge in [0, 0.05) is 24.0 Å². The number of hydrazone groups is 1. The van der Waals surface area contributed by atoms with Crippen molar-refractivity contribution in [2.45, 2.75) is 6.54 Å². The minimum Gasteiger partial charge on any atom is -0.0622 e. The molecule has 2 N–H and O–H groups in total. The Kier molecular flexibility index (Phi) is 15.8. The number of para-hydroxylation sites is 2. The zero-order valence-electron chi connectivity index (χ0n) is 28.3. The van der Waals surface area contributed by atoms with Gasteiger partial charge in [-0.2, -0.15) is 29.4 Å². The Bertz CT molecular complexity index is 1920. The molecule has 1 aliphatic heterocycles. The Hall–Kier alpha value is -4.96. The number of nitrogens with two attached hydrogens (primary N) is 1. The van der Waals surface area contributed by atoms with Crippen molar-refractivity contribution in [3.63, 3.8) is 0 Å². The molecule has 7 aromatic rings. The van der Waals surface area contributed by atoms with Gasteiger partial charge >= 0.3 is 27.0 Å². The molecule has 8 heteroatoms. The molecule has 0 unspecified atom stereocenters. The van der Waals surface area contributed by atoms with Crippen molar-refractivity contribution in [3.05, 3.63) is 224 Å². The van der Waals surface area contributed by atoms with Crippen LogP contribution in [0, 0.1) is 12.7 Å². The van der Waals surface area contributed by atoms with E-state index in [9.17, 15) is 0 Å². The molecule has 8 rings (SSSR count). The summed E-state index contributed by atoms with van der Waals surface area (Å²) in [5.41, 5.74) is 9.15. The van der Waals surface area contributed by atoms with Gasteiger partial charge in [0.25, 0.3) is 0 Å². The SMILES string of the molecule is NCc1ccccn1.[C]1N(c2[c-]cccc2)N=C(c2ccccc2)N1c1ccccc1.[Cl][Ru+].c1ccc(P(c2ccccc2)c2ccccc2)cc1. The van der Waals surface area contributed by atoms with E-state index < -0.39 is 7.92 Å². The first-order valence-electron chi connectivity index (χ1n) is 16.5. The van der Waals surface area contributed by atoms with Gasteiger partial charge in [-0.1, -0.05) is 146 Å². The number of amidine groups is 1. The van der Waals surface area contributed by atoms with E-state index in [0.717, 1.165) is 28.5 Å². The van der Waals surface area contributed by atoms with Gasteiger partial charge in [0.1, 0.15) is 0 Å². The maximum Gasteiger partial charge on any atom is -0.0134 e. The minimum absolute atomic E-state index is 0.446. The summed E-state index contributed by atoms with van der Waals surface area (Å²) in [7, 11) is 4.12. The largest absolute Gasteiger partial charge is 0.0622 e. The van der Waals surface area contributed by atoms with Gasteiger partial charge in [-0.3, -0.25) is 14.9 Å². The summed E-state index contributed by atoms with van der Waals surface area (Å²) < 4.78 is 0. The van der Waals surface area contributed by atoms with Crippen molar-refractivity contribution in [1.82, 2.24) is 4.98 Å². The summed E-state index contributed by atoms with van der Waals surface area (Å²) in [5.74, 6) is 0.842. The van der Waals surface area contributed by atoms with E-state index in [1.807, 2.05) is 113 Å². The van der Waals surface area contributed by atoms with Gasteiger partial charge in [0.05, 0.1) is 5.69 Å². The predicted octanol–water partition coefficient (Wildman–Crippen LogP) is 8.84. The van der Waals surface area contributed by atoms with Gasteiger partial charge in [0.2, 0.25) is 6.67 Å². The summed E-state index contributed by atoms with van der Waals surface area (Å²) in [6.45, 7) is 3.83. The topological polar surface area (TPSA) is 57.8 Å². The maximum absolute atomic E-state index is 5.29. The second-order valence-electron chi connectivity index (χ2n) is 11.0. The molecular weight excluding hydrogens is 766 g/mol. The zero-order chi connectivity index (χ0) is 36.2. The number of rotatable bonds is 7. The van der Waals surface area contributed by atoms with Crippen LogP contribution in [0.4, 0.5) is 11.4 Å². The number of pyridine rings is 1. The third-order valence-electron chi connectivity index (χ3n) is 7.55. The molecule has 0 fully saturated rings. The Morgan fingerprint density at radius 2 is 1.08 bits per heavy atom. The fourth-order valence-corrected chi connectivity index (χ4v) is 7.46.